The summed E-state index contributed by atoms with van der Waals surface area (Å²) in [6.07, 6.45) is 1.92. The zero-order valence-corrected chi connectivity index (χ0v) is 12.9. The van der Waals surface area contributed by atoms with E-state index >= 15 is 0 Å². The minimum Gasteiger partial charge on any atom is -0.469 e. The summed E-state index contributed by atoms with van der Waals surface area (Å²) in [5, 5.41) is 3.11. The predicted molar refractivity (Wildman–Crippen MR) is 74.3 cm³/mol. The van der Waals surface area contributed by atoms with Gasteiger partial charge in [0.25, 0.3) is 10.2 Å². The number of nitrogens with zero attached hydrogens (tertiary/aromatic N) is 2. The molecule has 2 aliphatic heterocycles. The molecule has 1 N–H and O–H groups in total. The van der Waals surface area contributed by atoms with Crippen LogP contribution in [0.4, 0.5) is 0 Å². The Bertz CT molecular complexity index is 446. The molecule has 1 atom stereocenters. The Morgan fingerprint density at radius 1 is 1.15 bits per heavy atom. The standard InChI is InChI=1S/C12H23N3O4S/c1-13-11-5-8-15(9-11)20(17,18)14-6-3-10(4-7-14)12(16)19-2/h10-11,13H,3-9H2,1-2H3. The maximum Gasteiger partial charge on any atom is 0.308 e. The van der Waals surface area contributed by atoms with Gasteiger partial charge in [0.2, 0.25) is 0 Å². The quantitative estimate of drug-likeness (QED) is 0.702. The third kappa shape index (κ3) is 3.13. The lowest BCUT2D eigenvalue weighted by Crippen LogP contribution is -2.47. The first-order valence-electron chi connectivity index (χ1n) is 6.99. The molecule has 2 aliphatic rings. The van der Waals surface area contributed by atoms with Crippen LogP contribution in [-0.2, 0) is 19.7 Å². The van der Waals surface area contributed by atoms with Gasteiger partial charge >= 0.3 is 5.97 Å². The first-order valence-corrected chi connectivity index (χ1v) is 8.39. The van der Waals surface area contributed by atoms with Crippen LogP contribution in [0.25, 0.3) is 0 Å². The molecule has 2 fully saturated rings. The van der Waals surface area contributed by atoms with E-state index in [1.54, 1.807) is 0 Å². The molecule has 7 nitrogen and oxygen atoms in total. The Balaban J connectivity index is 1.94. The molecule has 2 rings (SSSR count). The Morgan fingerprint density at radius 2 is 1.75 bits per heavy atom. The van der Waals surface area contributed by atoms with Crippen LogP contribution < -0.4 is 5.32 Å². The molecule has 0 aliphatic carbocycles. The van der Waals surface area contributed by atoms with Gasteiger partial charge in [0.15, 0.2) is 0 Å². The Labute approximate surface area is 120 Å². The molecule has 1 unspecified atom stereocenters. The summed E-state index contributed by atoms with van der Waals surface area (Å²) in [4.78, 5) is 11.5. The van der Waals surface area contributed by atoms with Gasteiger partial charge in [-0.05, 0) is 26.3 Å². The second-order valence-electron chi connectivity index (χ2n) is 5.34. The van der Waals surface area contributed by atoms with Crippen molar-refractivity contribution in [1.29, 1.82) is 0 Å². The number of nitrogens with one attached hydrogen (secondary N) is 1. The maximum absolute atomic E-state index is 12.5. The number of rotatable bonds is 4. The Morgan fingerprint density at radius 3 is 2.25 bits per heavy atom. The van der Waals surface area contributed by atoms with Crippen LogP contribution in [0.3, 0.4) is 0 Å². The van der Waals surface area contributed by atoms with Crippen LogP contribution in [0, 0.1) is 5.92 Å². The van der Waals surface area contributed by atoms with Crippen molar-refractivity contribution in [2.75, 3.05) is 40.3 Å². The molecule has 0 saturated carbocycles. The summed E-state index contributed by atoms with van der Waals surface area (Å²) in [5.41, 5.74) is 0. The van der Waals surface area contributed by atoms with Crippen LogP contribution in [0.5, 0.6) is 0 Å². The van der Waals surface area contributed by atoms with Crippen LogP contribution >= 0.6 is 0 Å². The number of carbonyl (C=O) groups is 1. The SMILES string of the molecule is CNC1CCN(S(=O)(=O)N2CCC(C(=O)OC)CC2)C1. The Kier molecular flexibility index (Phi) is 5.00. The molecule has 0 aromatic heterocycles. The summed E-state index contributed by atoms with van der Waals surface area (Å²) in [6.45, 7) is 1.87. The van der Waals surface area contributed by atoms with E-state index in [0.717, 1.165) is 6.42 Å². The average molecular weight is 305 g/mol. The highest BCUT2D eigenvalue weighted by atomic mass is 32.2. The lowest BCUT2D eigenvalue weighted by Gasteiger charge is -2.32. The molecule has 116 valence electrons. The zero-order chi connectivity index (χ0) is 14.8. The lowest BCUT2D eigenvalue weighted by molar-refractivity contribution is -0.146. The summed E-state index contributed by atoms with van der Waals surface area (Å²) >= 11 is 0. The molecular weight excluding hydrogens is 282 g/mol. The van der Waals surface area contributed by atoms with Crippen LogP contribution in [0.1, 0.15) is 19.3 Å². The third-order valence-electron chi connectivity index (χ3n) is 4.20. The van der Waals surface area contributed by atoms with E-state index in [0.29, 0.717) is 39.0 Å². The zero-order valence-electron chi connectivity index (χ0n) is 12.0. The van der Waals surface area contributed by atoms with Gasteiger partial charge in [-0.25, -0.2) is 0 Å². The van der Waals surface area contributed by atoms with Gasteiger partial charge in [-0.1, -0.05) is 0 Å². The topological polar surface area (TPSA) is 79.0 Å². The second-order valence-corrected chi connectivity index (χ2v) is 7.27. The summed E-state index contributed by atoms with van der Waals surface area (Å²) in [6, 6.07) is 0.234. The van der Waals surface area contributed by atoms with Crippen molar-refractivity contribution < 1.29 is 17.9 Å². The highest BCUT2D eigenvalue weighted by Crippen LogP contribution is 2.24. The number of ether oxygens (including phenoxy) is 1. The van der Waals surface area contributed by atoms with Gasteiger partial charge < -0.3 is 10.1 Å². The van der Waals surface area contributed by atoms with Crippen molar-refractivity contribution >= 4 is 16.2 Å². The van der Waals surface area contributed by atoms with Crippen molar-refractivity contribution in [3.05, 3.63) is 0 Å². The van der Waals surface area contributed by atoms with Crippen molar-refractivity contribution in [3.63, 3.8) is 0 Å². The number of likely N-dealkylation sites (N-methyl/N-ethyl adjacent to an activating group) is 1. The molecule has 0 bridgehead atoms. The molecule has 8 heteroatoms. The van der Waals surface area contributed by atoms with Gasteiger partial charge in [-0.15, -0.1) is 0 Å². The second kappa shape index (κ2) is 6.38. The molecule has 0 amide bonds. The van der Waals surface area contributed by atoms with Crippen molar-refractivity contribution in [3.8, 4) is 0 Å². The lowest BCUT2D eigenvalue weighted by atomic mass is 9.99. The predicted octanol–water partition coefficient (Wildman–Crippen LogP) is -0.590. The molecule has 2 heterocycles. The van der Waals surface area contributed by atoms with E-state index < -0.39 is 10.2 Å². The molecule has 0 aromatic carbocycles. The van der Waals surface area contributed by atoms with Crippen molar-refractivity contribution in [1.82, 2.24) is 13.9 Å². The van der Waals surface area contributed by atoms with Gasteiger partial charge in [0, 0.05) is 32.2 Å². The summed E-state index contributed by atoms with van der Waals surface area (Å²) < 4.78 is 32.7. The third-order valence-corrected chi connectivity index (χ3v) is 6.20. The van der Waals surface area contributed by atoms with E-state index in [-0.39, 0.29) is 17.9 Å². The maximum atomic E-state index is 12.5. The minimum absolute atomic E-state index is 0.171. The number of hydrogen-bond acceptors (Lipinski definition) is 5. The molecule has 0 spiro atoms. The molecule has 20 heavy (non-hydrogen) atoms. The van der Waals surface area contributed by atoms with Crippen molar-refractivity contribution in [2.24, 2.45) is 5.92 Å². The number of hydrogen-bond donors (Lipinski definition) is 1. The van der Waals surface area contributed by atoms with Crippen LogP contribution in [0.15, 0.2) is 0 Å². The number of carbonyl (C=O) groups excluding carboxylic acids is 1. The minimum atomic E-state index is -3.39. The number of methoxy groups -OCH3 is 1. The number of esters is 1. The number of piperidine rings is 1. The molecule has 2 saturated heterocycles. The smallest absolute Gasteiger partial charge is 0.308 e. The van der Waals surface area contributed by atoms with E-state index in [1.807, 2.05) is 7.05 Å². The summed E-state index contributed by atoms with van der Waals surface area (Å²) in [7, 11) is -0.168. The Hall–Kier alpha value is -0.700. The fraction of sp³-hybridized carbons (Fsp3) is 0.917. The largest absolute Gasteiger partial charge is 0.469 e. The highest BCUT2D eigenvalue weighted by molar-refractivity contribution is 7.86. The first kappa shape index (κ1) is 15.7. The molecule has 0 radical (unpaired) electrons. The molecule has 0 aromatic rings. The first-order chi connectivity index (χ1) is 9.48. The van der Waals surface area contributed by atoms with E-state index in [1.165, 1.54) is 15.7 Å². The van der Waals surface area contributed by atoms with Gasteiger partial charge in [-0.3, -0.25) is 4.79 Å². The molecular formula is C12H23N3O4S. The van der Waals surface area contributed by atoms with Crippen molar-refractivity contribution in [2.45, 2.75) is 25.3 Å². The van der Waals surface area contributed by atoms with Gasteiger partial charge in [0.1, 0.15) is 0 Å². The fourth-order valence-electron chi connectivity index (χ4n) is 2.83. The fourth-order valence-corrected chi connectivity index (χ4v) is 4.53. The normalized spacial score (nSPS) is 26.8. The van der Waals surface area contributed by atoms with E-state index in [2.05, 4.69) is 5.32 Å². The average Bonchev–Trinajstić information content (AvgIpc) is 2.96. The van der Waals surface area contributed by atoms with Crippen LogP contribution in [-0.4, -0.2) is 69.4 Å². The van der Waals surface area contributed by atoms with E-state index in [4.69, 9.17) is 4.74 Å². The van der Waals surface area contributed by atoms with E-state index in [9.17, 15) is 13.2 Å². The van der Waals surface area contributed by atoms with Gasteiger partial charge in [0.05, 0.1) is 13.0 Å². The van der Waals surface area contributed by atoms with Gasteiger partial charge in [-0.2, -0.15) is 17.0 Å². The monoisotopic (exact) mass is 305 g/mol. The highest BCUT2D eigenvalue weighted by Gasteiger charge is 2.38. The van der Waals surface area contributed by atoms with Crippen LogP contribution in [0.2, 0.25) is 0 Å². The summed E-state index contributed by atoms with van der Waals surface area (Å²) in [5.74, 6) is -0.409.